The number of nitrogens with zero attached hydrogens (tertiary/aromatic N) is 4. The van der Waals surface area contributed by atoms with E-state index >= 15 is 0 Å². The van der Waals surface area contributed by atoms with E-state index in [0.717, 1.165) is 16.8 Å². The molecular formula is C38H49N9O13. The lowest BCUT2D eigenvalue weighted by atomic mass is 9.95. The van der Waals surface area contributed by atoms with Crippen LogP contribution in [0.1, 0.15) is 25.3 Å². The van der Waals surface area contributed by atoms with Crippen LogP contribution in [-0.4, -0.2) is 158 Å². The zero-order valence-electron chi connectivity index (χ0n) is 32.8. The summed E-state index contributed by atoms with van der Waals surface area (Å²) in [5.74, 6) is -4.16. The van der Waals surface area contributed by atoms with Gasteiger partial charge in [-0.1, -0.05) is 47.7 Å². The molecule has 3 heterocycles. The molecule has 7 atom stereocenters. The first-order valence-corrected chi connectivity index (χ1v) is 19.0. The minimum atomic E-state index is -1.82. The Kier molecular flexibility index (Phi) is 15.7. The van der Waals surface area contributed by atoms with E-state index in [1.54, 1.807) is 16.6 Å². The van der Waals surface area contributed by atoms with E-state index < -0.39 is 105 Å². The molecule has 60 heavy (non-hydrogen) atoms. The highest BCUT2D eigenvalue weighted by Crippen LogP contribution is 2.41. The first kappa shape index (κ1) is 45.2. The molecule has 3 unspecified atom stereocenters. The zero-order valence-corrected chi connectivity index (χ0v) is 32.8. The number of benzene rings is 2. The van der Waals surface area contributed by atoms with Crippen molar-refractivity contribution in [1.82, 2.24) is 41.6 Å². The smallest absolute Gasteiger partial charge is 0.245 e. The Hall–Kier alpha value is -5.88. The van der Waals surface area contributed by atoms with E-state index in [-0.39, 0.29) is 31.7 Å². The predicted molar refractivity (Wildman–Crippen MR) is 208 cm³/mol. The largest absolute Gasteiger partial charge is 0.394 e. The predicted octanol–water partition coefficient (Wildman–Crippen LogP) is -4.08. The van der Waals surface area contributed by atoms with Crippen molar-refractivity contribution in [2.75, 3.05) is 44.3 Å². The van der Waals surface area contributed by atoms with Crippen molar-refractivity contribution in [3.63, 3.8) is 0 Å². The molecule has 0 radical (unpaired) electrons. The summed E-state index contributed by atoms with van der Waals surface area (Å²) in [5.41, 5.74) is 4.47. The van der Waals surface area contributed by atoms with Crippen molar-refractivity contribution in [2.24, 2.45) is 7.05 Å². The van der Waals surface area contributed by atoms with Gasteiger partial charge in [0.15, 0.2) is 6.29 Å². The van der Waals surface area contributed by atoms with Crippen molar-refractivity contribution >= 4 is 41.0 Å². The number of amides is 5. The van der Waals surface area contributed by atoms with Crippen molar-refractivity contribution in [1.29, 1.82) is 0 Å². The summed E-state index contributed by atoms with van der Waals surface area (Å²) in [6, 6.07) is 13.4. The Balaban J connectivity index is 1.23. The number of hydrogen-bond donors (Lipinski definition) is 10. The number of rotatable bonds is 18. The third-order valence-electron chi connectivity index (χ3n) is 9.68. The SMILES string of the molecule is CC(=O)CNC(=O)CNC(=O)CNC(=O)CNC(=O)[C@H](CO[C@@H]1OC(CO)[C@@H](O)[C@H](O)C1O)NC(=O)CCC(O)N1Cc2ccccc2-c2c(nnn2C)-c2ccccc21. The fourth-order valence-corrected chi connectivity index (χ4v) is 6.51. The quantitative estimate of drug-likeness (QED) is 0.0583. The lowest BCUT2D eigenvalue weighted by Gasteiger charge is -2.39. The Morgan fingerprint density at radius 2 is 1.45 bits per heavy atom. The molecule has 0 bridgehead atoms. The normalized spacial score (nSPS) is 20.4. The molecular weight excluding hydrogens is 790 g/mol. The molecule has 3 aromatic rings. The molecule has 0 saturated carbocycles. The van der Waals surface area contributed by atoms with Gasteiger partial charge in [-0.25, -0.2) is 4.68 Å². The molecule has 22 heteroatoms. The lowest BCUT2D eigenvalue weighted by molar-refractivity contribution is -0.301. The number of aliphatic hydroxyl groups is 5. The first-order chi connectivity index (χ1) is 28.7. The number of fused-ring (bicyclic) bond motifs is 5. The number of anilines is 1. The highest BCUT2D eigenvalue weighted by atomic mass is 16.7. The second-order valence-electron chi connectivity index (χ2n) is 14.1. The average Bonchev–Trinajstić information content (AvgIpc) is 3.62. The van der Waals surface area contributed by atoms with Gasteiger partial charge in [-0.05, 0) is 18.6 Å². The number of para-hydroxylation sites is 1. The number of hydrogen-bond acceptors (Lipinski definition) is 16. The summed E-state index contributed by atoms with van der Waals surface area (Å²) in [6.07, 6.45) is -9.95. The Labute approximate surface area is 343 Å². The van der Waals surface area contributed by atoms with Gasteiger partial charge in [0, 0.05) is 43.2 Å². The lowest BCUT2D eigenvalue weighted by Crippen LogP contribution is -2.60. The minimum Gasteiger partial charge on any atom is -0.394 e. The van der Waals surface area contributed by atoms with Gasteiger partial charge in [-0.15, -0.1) is 5.10 Å². The Morgan fingerprint density at radius 3 is 2.12 bits per heavy atom. The van der Waals surface area contributed by atoms with Gasteiger partial charge in [0.1, 0.15) is 48.2 Å². The summed E-state index contributed by atoms with van der Waals surface area (Å²) in [7, 11) is 1.79. The number of carbonyl (C=O) groups is 6. The van der Waals surface area contributed by atoms with Crippen molar-refractivity contribution in [3.05, 3.63) is 54.1 Å². The van der Waals surface area contributed by atoms with Crippen LogP contribution in [0.5, 0.6) is 0 Å². The standard InChI is InChI=1S/C38H49N9O13/c1-20(49)13-39-28(51)14-40-29(52)15-41-30(53)16-42-37(58)24(19-59-38-36(57)35(56)34(55)26(18-48)60-38)43-27(50)11-12-31(54)47-17-21-7-3-4-8-22(21)33-32(44-45-46(33)2)23-9-5-6-10-25(23)47/h3-10,24,26,31,34-36,38,48,54-57H,11-19H2,1-2H3,(H,39,51)(H,40,52)(H,41,53)(H,42,58)(H,43,50)/t24-,26?,31?,34+,35-,36?,38+/m0/s1. The Morgan fingerprint density at radius 1 is 0.833 bits per heavy atom. The third kappa shape index (κ3) is 11.4. The van der Waals surface area contributed by atoms with Gasteiger partial charge in [-0.2, -0.15) is 0 Å². The van der Waals surface area contributed by atoms with Gasteiger partial charge in [0.05, 0.1) is 45.1 Å². The average molecular weight is 840 g/mol. The maximum Gasteiger partial charge on any atom is 0.245 e. The number of aromatic nitrogens is 3. The van der Waals surface area contributed by atoms with E-state index in [1.807, 2.05) is 48.5 Å². The van der Waals surface area contributed by atoms with Crippen molar-refractivity contribution in [3.8, 4) is 22.5 Å². The van der Waals surface area contributed by atoms with Crippen molar-refractivity contribution < 1.29 is 63.8 Å². The van der Waals surface area contributed by atoms with Crippen LogP contribution in [0.3, 0.4) is 0 Å². The van der Waals surface area contributed by atoms with Crippen LogP contribution in [-0.2, 0) is 51.8 Å². The molecule has 5 amide bonds. The maximum atomic E-state index is 13.4. The molecule has 22 nitrogen and oxygen atoms in total. The second kappa shape index (κ2) is 20.9. The molecule has 1 aromatic heterocycles. The van der Waals surface area contributed by atoms with E-state index in [2.05, 4.69) is 36.9 Å². The molecule has 10 N–H and O–H groups in total. The number of aliphatic hydroxyl groups excluding tert-OH is 5. The summed E-state index contributed by atoms with van der Waals surface area (Å²) >= 11 is 0. The molecule has 2 aromatic carbocycles. The highest BCUT2D eigenvalue weighted by Gasteiger charge is 2.44. The van der Waals surface area contributed by atoms with Gasteiger partial charge < -0.3 is 66.5 Å². The molecule has 1 fully saturated rings. The van der Waals surface area contributed by atoms with Crippen LogP contribution in [0.4, 0.5) is 5.69 Å². The summed E-state index contributed by atoms with van der Waals surface area (Å²) in [6.45, 7) is -1.83. The number of ketones is 1. The van der Waals surface area contributed by atoms with Crippen molar-refractivity contribution in [2.45, 2.75) is 69.3 Å². The van der Waals surface area contributed by atoms with Crippen LogP contribution < -0.4 is 31.5 Å². The number of Topliss-reactive ketones (excluding diaryl/α,β-unsaturated/α-hetero) is 1. The topological polar surface area (TPSA) is 316 Å². The summed E-state index contributed by atoms with van der Waals surface area (Å²) < 4.78 is 12.6. The number of aryl methyl sites for hydroxylation is 1. The maximum absolute atomic E-state index is 13.4. The molecule has 0 spiro atoms. The summed E-state index contributed by atoms with van der Waals surface area (Å²) in [5, 5.41) is 72.2. The zero-order chi connectivity index (χ0) is 43.5. The van der Waals surface area contributed by atoms with Gasteiger partial charge >= 0.3 is 0 Å². The highest BCUT2D eigenvalue weighted by molar-refractivity contribution is 5.93. The molecule has 1 saturated heterocycles. The van der Waals surface area contributed by atoms with Gasteiger partial charge in [0.2, 0.25) is 29.5 Å². The van der Waals surface area contributed by atoms with Gasteiger partial charge in [-0.3, -0.25) is 28.8 Å². The minimum absolute atomic E-state index is 0.125. The molecule has 2 aliphatic heterocycles. The van der Waals surface area contributed by atoms with Crippen LogP contribution >= 0.6 is 0 Å². The van der Waals surface area contributed by atoms with E-state index in [9.17, 15) is 54.3 Å². The fourth-order valence-electron chi connectivity index (χ4n) is 6.51. The molecule has 5 rings (SSSR count). The second-order valence-corrected chi connectivity index (χ2v) is 14.1. The molecule has 324 valence electrons. The van der Waals surface area contributed by atoms with E-state index in [1.165, 1.54) is 6.92 Å². The Bertz CT molecular complexity index is 2030. The first-order valence-electron chi connectivity index (χ1n) is 19.0. The van der Waals surface area contributed by atoms with Gasteiger partial charge in [0.25, 0.3) is 0 Å². The number of nitrogens with one attached hydrogen (secondary N) is 5. The van der Waals surface area contributed by atoms with Crippen LogP contribution in [0.2, 0.25) is 0 Å². The summed E-state index contributed by atoms with van der Waals surface area (Å²) in [4.78, 5) is 75.8. The molecule has 0 aliphatic carbocycles. The monoisotopic (exact) mass is 839 g/mol. The number of ether oxygens (including phenoxy) is 2. The van der Waals surface area contributed by atoms with Crippen LogP contribution in [0.25, 0.3) is 22.5 Å². The van der Waals surface area contributed by atoms with Crippen LogP contribution in [0, 0.1) is 0 Å². The molecule has 2 aliphatic rings. The number of carbonyl (C=O) groups excluding carboxylic acids is 6. The van der Waals surface area contributed by atoms with E-state index in [4.69, 9.17) is 9.47 Å². The third-order valence-corrected chi connectivity index (χ3v) is 9.68. The fraction of sp³-hybridized carbons (Fsp3) is 0.474. The van der Waals surface area contributed by atoms with E-state index in [0.29, 0.717) is 16.9 Å². The van der Waals surface area contributed by atoms with Crippen LogP contribution in [0.15, 0.2) is 48.5 Å².